The number of carbonyl (C=O) groups excluding carboxylic acids is 1. The Morgan fingerprint density at radius 2 is 2.05 bits per heavy atom. The summed E-state index contributed by atoms with van der Waals surface area (Å²) in [5.41, 5.74) is 0.886. The zero-order valence-corrected chi connectivity index (χ0v) is 11.6. The molecule has 0 unspecified atom stereocenters. The number of carbonyl (C=O) groups is 1. The van der Waals surface area contributed by atoms with Gasteiger partial charge in [-0.1, -0.05) is 26.0 Å². The van der Waals surface area contributed by atoms with Crippen LogP contribution in [-0.2, 0) is 0 Å². The van der Waals surface area contributed by atoms with Crippen molar-refractivity contribution in [1.29, 1.82) is 0 Å². The zero-order valence-electron chi connectivity index (χ0n) is 11.6. The molecule has 0 atom stereocenters. The second kappa shape index (κ2) is 5.61. The van der Waals surface area contributed by atoms with Crippen LogP contribution < -0.4 is 5.32 Å². The molecule has 4 nitrogen and oxygen atoms in total. The SMILES string of the molecule is CCCNc1ccccc1C(=O)N1CC(O)(CC)C1. The highest BCUT2D eigenvalue weighted by atomic mass is 16.3. The predicted molar refractivity (Wildman–Crippen MR) is 76.4 cm³/mol. The number of likely N-dealkylation sites (tertiary alicyclic amines) is 1. The molecule has 0 radical (unpaired) electrons. The van der Waals surface area contributed by atoms with E-state index < -0.39 is 5.60 Å². The van der Waals surface area contributed by atoms with E-state index in [9.17, 15) is 9.90 Å². The lowest BCUT2D eigenvalue weighted by atomic mass is 9.90. The summed E-state index contributed by atoms with van der Waals surface area (Å²) in [6.07, 6.45) is 1.70. The Kier molecular flexibility index (Phi) is 4.10. The van der Waals surface area contributed by atoms with Gasteiger partial charge in [0.15, 0.2) is 0 Å². The fourth-order valence-electron chi connectivity index (χ4n) is 2.29. The highest BCUT2D eigenvalue weighted by molar-refractivity contribution is 6.00. The Bertz CT molecular complexity index is 453. The van der Waals surface area contributed by atoms with Gasteiger partial charge < -0.3 is 15.3 Å². The summed E-state index contributed by atoms with van der Waals surface area (Å²) in [6, 6.07) is 7.56. The first kappa shape index (κ1) is 13.9. The topological polar surface area (TPSA) is 52.6 Å². The van der Waals surface area contributed by atoms with Gasteiger partial charge in [-0.25, -0.2) is 0 Å². The molecule has 19 heavy (non-hydrogen) atoms. The molecule has 0 aromatic heterocycles. The number of hydrogen-bond donors (Lipinski definition) is 2. The van der Waals surface area contributed by atoms with Gasteiger partial charge in [-0.3, -0.25) is 4.79 Å². The summed E-state index contributed by atoms with van der Waals surface area (Å²) in [6.45, 7) is 5.75. The largest absolute Gasteiger partial charge is 0.386 e. The third kappa shape index (κ3) is 2.89. The minimum atomic E-state index is -0.679. The Labute approximate surface area is 114 Å². The van der Waals surface area contributed by atoms with E-state index in [2.05, 4.69) is 12.2 Å². The van der Waals surface area contributed by atoms with E-state index in [0.29, 0.717) is 25.1 Å². The second-order valence-electron chi connectivity index (χ2n) is 5.21. The quantitative estimate of drug-likeness (QED) is 0.854. The normalized spacial score (nSPS) is 16.9. The number of rotatable bonds is 5. The Morgan fingerprint density at radius 1 is 1.37 bits per heavy atom. The summed E-state index contributed by atoms with van der Waals surface area (Å²) in [5, 5.41) is 13.3. The van der Waals surface area contributed by atoms with Crippen LogP contribution in [0.3, 0.4) is 0 Å². The first-order valence-electron chi connectivity index (χ1n) is 6.94. The number of amides is 1. The van der Waals surface area contributed by atoms with Crippen LogP contribution in [-0.4, -0.2) is 41.1 Å². The zero-order chi connectivity index (χ0) is 13.9. The van der Waals surface area contributed by atoms with E-state index in [1.807, 2.05) is 31.2 Å². The number of hydrogen-bond acceptors (Lipinski definition) is 3. The average molecular weight is 262 g/mol. The molecule has 1 aromatic carbocycles. The van der Waals surface area contributed by atoms with Crippen molar-refractivity contribution < 1.29 is 9.90 Å². The number of nitrogens with one attached hydrogen (secondary N) is 1. The van der Waals surface area contributed by atoms with Crippen molar-refractivity contribution in [3.63, 3.8) is 0 Å². The van der Waals surface area contributed by atoms with Gasteiger partial charge in [0.05, 0.1) is 24.3 Å². The molecule has 2 rings (SSSR count). The van der Waals surface area contributed by atoms with Gasteiger partial charge in [0.1, 0.15) is 0 Å². The van der Waals surface area contributed by atoms with Crippen LogP contribution in [0, 0.1) is 0 Å². The fraction of sp³-hybridized carbons (Fsp3) is 0.533. The monoisotopic (exact) mass is 262 g/mol. The van der Waals surface area contributed by atoms with Gasteiger partial charge in [0.25, 0.3) is 5.91 Å². The average Bonchev–Trinajstić information content (AvgIpc) is 2.41. The molecule has 1 aliphatic heterocycles. The van der Waals surface area contributed by atoms with Crippen molar-refractivity contribution in [2.24, 2.45) is 0 Å². The van der Waals surface area contributed by atoms with Crippen molar-refractivity contribution in [2.45, 2.75) is 32.3 Å². The minimum Gasteiger partial charge on any atom is -0.386 e. The lowest BCUT2D eigenvalue weighted by Crippen LogP contribution is -2.63. The van der Waals surface area contributed by atoms with Gasteiger partial charge in [0.2, 0.25) is 0 Å². The highest BCUT2D eigenvalue weighted by Crippen LogP contribution is 2.27. The third-order valence-corrected chi connectivity index (χ3v) is 3.64. The van der Waals surface area contributed by atoms with E-state index in [4.69, 9.17) is 0 Å². The van der Waals surface area contributed by atoms with Crippen LogP contribution in [0.2, 0.25) is 0 Å². The number of benzene rings is 1. The van der Waals surface area contributed by atoms with E-state index in [1.165, 1.54) is 0 Å². The summed E-state index contributed by atoms with van der Waals surface area (Å²) in [4.78, 5) is 14.1. The van der Waals surface area contributed by atoms with Crippen LogP contribution in [0.25, 0.3) is 0 Å². The molecule has 2 N–H and O–H groups in total. The summed E-state index contributed by atoms with van der Waals surface area (Å²) in [5.74, 6) is -0.00247. The molecular formula is C15H22N2O2. The maximum absolute atomic E-state index is 12.4. The van der Waals surface area contributed by atoms with Crippen LogP contribution in [0.1, 0.15) is 37.0 Å². The Morgan fingerprint density at radius 3 is 2.68 bits per heavy atom. The first-order valence-corrected chi connectivity index (χ1v) is 6.94. The van der Waals surface area contributed by atoms with E-state index in [0.717, 1.165) is 18.7 Å². The summed E-state index contributed by atoms with van der Waals surface area (Å²) < 4.78 is 0. The van der Waals surface area contributed by atoms with Crippen molar-refractivity contribution in [2.75, 3.05) is 25.0 Å². The molecule has 0 aliphatic carbocycles. The number of para-hydroxylation sites is 1. The maximum atomic E-state index is 12.4. The number of aliphatic hydroxyl groups is 1. The molecule has 0 spiro atoms. The standard InChI is InChI=1S/C15H22N2O2/c1-3-9-16-13-8-6-5-7-12(13)14(18)17-10-15(19,4-2)11-17/h5-8,16,19H,3-4,9-11H2,1-2H3. The van der Waals surface area contributed by atoms with Gasteiger partial charge in [-0.2, -0.15) is 0 Å². The molecule has 4 heteroatoms. The van der Waals surface area contributed by atoms with Gasteiger partial charge in [0, 0.05) is 12.2 Å². The molecule has 1 amide bonds. The number of anilines is 1. The van der Waals surface area contributed by atoms with Crippen LogP contribution in [0.5, 0.6) is 0 Å². The predicted octanol–water partition coefficient (Wildman–Crippen LogP) is 2.11. The lowest BCUT2D eigenvalue weighted by molar-refractivity contribution is -0.0826. The van der Waals surface area contributed by atoms with Crippen LogP contribution >= 0.6 is 0 Å². The Hall–Kier alpha value is -1.55. The number of β-amino-alcohol motifs (C(OH)–C–C–N with tert-alkyl or cyclic N) is 1. The van der Waals surface area contributed by atoms with E-state index in [1.54, 1.807) is 4.90 Å². The molecule has 0 saturated carbocycles. The number of nitrogens with zero attached hydrogens (tertiary/aromatic N) is 1. The minimum absolute atomic E-state index is 0.00247. The van der Waals surface area contributed by atoms with Crippen molar-refractivity contribution in [1.82, 2.24) is 4.90 Å². The molecule has 1 aliphatic rings. The fourth-order valence-corrected chi connectivity index (χ4v) is 2.29. The molecule has 1 heterocycles. The van der Waals surface area contributed by atoms with Crippen LogP contribution in [0.15, 0.2) is 24.3 Å². The van der Waals surface area contributed by atoms with E-state index in [-0.39, 0.29) is 5.91 Å². The van der Waals surface area contributed by atoms with Gasteiger partial charge >= 0.3 is 0 Å². The molecular weight excluding hydrogens is 240 g/mol. The van der Waals surface area contributed by atoms with Gasteiger partial charge in [-0.15, -0.1) is 0 Å². The molecule has 104 valence electrons. The highest BCUT2D eigenvalue weighted by Gasteiger charge is 2.42. The van der Waals surface area contributed by atoms with Crippen molar-refractivity contribution in [3.8, 4) is 0 Å². The van der Waals surface area contributed by atoms with Crippen molar-refractivity contribution >= 4 is 11.6 Å². The third-order valence-electron chi connectivity index (χ3n) is 3.64. The second-order valence-corrected chi connectivity index (χ2v) is 5.21. The molecule has 0 bridgehead atoms. The first-order chi connectivity index (χ1) is 9.09. The van der Waals surface area contributed by atoms with Crippen LogP contribution in [0.4, 0.5) is 5.69 Å². The van der Waals surface area contributed by atoms with Crippen molar-refractivity contribution in [3.05, 3.63) is 29.8 Å². The molecule has 1 saturated heterocycles. The smallest absolute Gasteiger partial charge is 0.256 e. The molecule has 1 aromatic rings. The molecule has 1 fully saturated rings. The summed E-state index contributed by atoms with van der Waals surface area (Å²) in [7, 11) is 0. The van der Waals surface area contributed by atoms with E-state index >= 15 is 0 Å². The lowest BCUT2D eigenvalue weighted by Gasteiger charge is -2.46. The maximum Gasteiger partial charge on any atom is 0.256 e. The Balaban J connectivity index is 2.08. The summed E-state index contributed by atoms with van der Waals surface area (Å²) >= 11 is 0. The van der Waals surface area contributed by atoms with Gasteiger partial charge in [-0.05, 0) is 25.0 Å².